The van der Waals surface area contributed by atoms with Crippen LogP contribution in [-0.4, -0.2) is 41.2 Å². The molecule has 0 aromatic heterocycles. The van der Waals surface area contributed by atoms with Gasteiger partial charge in [-0.15, -0.1) is 0 Å². The first kappa shape index (κ1) is 18.2. The van der Waals surface area contributed by atoms with E-state index in [1.807, 2.05) is 0 Å². The Balaban J connectivity index is 1.58. The van der Waals surface area contributed by atoms with Gasteiger partial charge in [-0.3, -0.25) is 19.3 Å². The number of imide groups is 1. The number of amides is 3. The summed E-state index contributed by atoms with van der Waals surface area (Å²) in [5, 5.41) is 2.43. The fourth-order valence-electron chi connectivity index (χ4n) is 2.65. The van der Waals surface area contributed by atoms with E-state index in [2.05, 4.69) is 5.32 Å². The van der Waals surface area contributed by atoms with E-state index in [1.54, 1.807) is 12.1 Å². The van der Waals surface area contributed by atoms with Crippen LogP contribution in [0.1, 0.15) is 27.6 Å². The number of hydrogen-bond donors (Lipinski definition) is 1. The SMILES string of the molecule is CC(C(=O)OCC(=O)Nc1ccc(F)cc1)N1C(=O)c2ccccc2C1=O. The van der Waals surface area contributed by atoms with Gasteiger partial charge in [0.15, 0.2) is 6.61 Å². The van der Waals surface area contributed by atoms with Crippen molar-refractivity contribution in [1.82, 2.24) is 4.90 Å². The molecule has 3 amide bonds. The molecular weight excluding hydrogens is 355 g/mol. The first-order valence-corrected chi connectivity index (χ1v) is 8.07. The molecule has 0 radical (unpaired) electrons. The summed E-state index contributed by atoms with van der Waals surface area (Å²) in [4.78, 5) is 49.5. The minimum atomic E-state index is -1.18. The molecule has 7 nitrogen and oxygen atoms in total. The molecule has 27 heavy (non-hydrogen) atoms. The Bertz CT molecular complexity index is 891. The third kappa shape index (κ3) is 3.69. The maximum atomic E-state index is 12.8. The monoisotopic (exact) mass is 370 g/mol. The molecule has 0 saturated heterocycles. The summed E-state index contributed by atoms with van der Waals surface area (Å²) in [6.07, 6.45) is 0. The van der Waals surface area contributed by atoms with Crippen molar-refractivity contribution in [3.63, 3.8) is 0 Å². The largest absolute Gasteiger partial charge is 0.454 e. The minimum absolute atomic E-state index is 0.219. The van der Waals surface area contributed by atoms with E-state index >= 15 is 0 Å². The fourth-order valence-corrected chi connectivity index (χ4v) is 2.65. The normalized spacial score (nSPS) is 13.9. The van der Waals surface area contributed by atoms with Gasteiger partial charge in [0.1, 0.15) is 11.9 Å². The molecule has 0 fully saturated rings. The molecule has 1 aliphatic rings. The lowest BCUT2D eigenvalue weighted by molar-refractivity contribution is -0.150. The van der Waals surface area contributed by atoms with Crippen LogP contribution in [0, 0.1) is 5.82 Å². The van der Waals surface area contributed by atoms with Gasteiger partial charge in [0, 0.05) is 5.69 Å². The maximum absolute atomic E-state index is 12.8. The van der Waals surface area contributed by atoms with Crippen LogP contribution in [0.15, 0.2) is 48.5 Å². The predicted molar refractivity (Wildman–Crippen MR) is 92.4 cm³/mol. The first-order chi connectivity index (χ1) is 12.9. The fraction of sp³-hybridized carbons (Fsp3) is 0.158. The number of halogens is 1. The predicted octanol–water partition coefficient (Wildman–Crippen LogP) is 1.99. The molecule has 2 aromatic rings. The molecular formula is C19H15FN2O5. The Morgan fingerprint density at radius 2 is 1.59 bits per heavy atom. The lowest BCUT2D eigenvalue weighted by atomic mass is 10.1. The standard InChI is InChI=1S/C19H15FN2O5/c1-11(22-17(24)14-4-2-3-5-15(14)18(22)25)19(26)27-10-16(23)21-13-8-6-12(20)7-9-13/h2-9,11H,10H2,1H3,(H,21,23). The molecule has 138 valence electrons. The zero-order valence-corrected chi connectivity index (χ0v) is 14.3. The summed E-state index contributed by atoms with van der Waals surface area (Å²) in [6.45, 7) is 0.742. The highest BCUT2D eigenvalue weighted by Gasteiger charge is 2.41. The number of ether oxygens (including phenoxy) is 1. The van der Waals surface area contributed by atoms with E-state index in [4.69, 9.17) is 4.74 Å². The van der Waals surface area contributed by atoms with Crippen molar-refractivity contribution in [3.05, 3.63) is 65.5 Å². The minimum Gasteiger partial charge on any atom is -0.454 e. The molecule has 1 aliphatic heterocycles. The summed E-state index contributed by atoms with van der Waals surface area (Å²) in [5.41, 5.74) is 0.776. The van der Waals surface area contributed by atoms with E-state index in [1.165, 1.54) is 43.3 Å². The van der Waals surface area contributed by atoms with Crippen molar-refractivity contribution in [2.45, 2.75) is 13.0 Å². The Hall–Kier alpha value is -3.55. The van der Waals surface area contributed by atoms with Gasteiger partial charge in [0.2, 0.25) is 0 Å². The number of nitrogens with zero attached hydrogens (tertiary/aromatic N) is 1. The molecule has 1 unspecified atom stereocenters. The number of carbonyl (C=O) groups excluding carboxylic acids is 4. The van der Waals surface area contributed by atoms with Gasteiger partial charge in [0.05, 0.1) is 11.1 Å². The van der Waals surface area contributed by atoms with Crippen LogP contribution >= 0.6 is 0 Å². The number of esters is 1. The molecule has 1 heterocycles. The molecule has 0 spiro atoms. The summed E-state index contributed by atoms with van der Waals surface area (Å²) < 4.78 is 17.7. The van der Waals surface area contributed by atoms with Crippen LogP contribution in [-0.2, 0) is 14.3 Å². The summed E-state index contributed by atoms with van der Waals surface area (Å²) in [5.74, 6) is -3.15. The highest BCUT2D eigenvalue weighted by molar-refractivity contribution is 6.22. The summed E-state index contributed by atoms with van der Waals surface area (Å²) in [6, 6.07) is 10.1. The molecule has 1 atom stereocenters. The molecule has 2 aromatic carbocycles. The zero-order valence-electron chi connectivity index (χ0n) is 14.3. The molecule has 0 saturated carbocycles. The topological polar surface area (TPSA) is 92.8 Å². The number of rotatable bonds is 5. The second-order valence-corrected chi connectivity index (χ2v) is 5.86. The summed E-state index contributed by atoms with van der Waals surface area (Å²) >= 11 is 0. The third-order valence-electron chi connectivity index (χ3n) is 4.03. The molecule has 0 bridgehead atoms. The smallest absolute Gasteiger partial charge is 0.329 e. The average Bonchev–Trinajstić information content (AvgIpc) is 2.92. The number of fused-ring (bicyclic) bond motifs is 1. The number of hydrogen-bond acceptors (Lipinski definition) is 5. The second-order valence-electron chi connectivity index (χ2n) is 5.86. The lowest BCUT2D eigenvalue weighted by Gasteiger charge is -2.20. The van der Waals surface area contributed by atoms with Gasteiger partial charge < -0.3 is 10.1 Å². The number of nitrogens with one attached hydrogen (secondary N) is 1. The number of carbonyl (C=O) groups is 4. The van der Waals surface area contributed by atoms with E-state index in [9.17, 15) is 23.6 Å². The number of anilines is 1. The van der Waals surface area contributed by atoms with Crippen molar-refractivity contribution in [1.29, 1.82) is 0 Å². The maximum Gasteiger partial charge on any atom is 0.329 e. The van der Waals surface area contributed by atoms with E-state index < -0.39 is 42.2 Å². The quantitative estimate of drug-likeness (QED) is 0.642. The van der Waals surface area contributed by atoms with Crippen LogP contribution in [0.5, 0.6) is 0 Å². The van der Waals surface area contributed by atoms with Gasteiger partial charge in [0.25, 0.3) is 17.7 Å². The molecule has 0 aliphatic carbocycles. The van der Waals surface area contributed by atoms with E-state index in [0.717, 1.165) is 4.90 Å². The van der Waals surface area contributed by atoms with Crippen molar-refractivity contribution in [3.8, 4) is 0 Å². The molecule has 1 N–H and O–H groups in total. The van der Waals surface area contributed by atoms with Crippen molar-refractivity contribution in [2.75, 3.05) is 11.9 Å². The van der Waals surface area contributed by atoms with Crippen LogP contribution in [0.4, 0.5) is 10.1 Å². The Morgan fingerprint density at radius 1 is 1.04 bits per heavy atom. The van der Waals surface area contributed by atoms with Gasteiger partial charge in [-0.2, -0.15) is 0 Å². The highest BCUT2D eigenvalue weighted by Crippen LogP contribution is 2.24. The number of benzene rings is 2. The van der Waals surface area contributed by atoms with Gasteiger partial charge in [-0.25, -0.2) is 9.18 Å². The summed E-state index contributed by atoms with van der Waals surface area (Å²) in [7, 11) is 0. The Kier molecular flexibility index (Phi) is 4.98. The van der Waals surface area contributed by atoms with Crippen molar-refractivity contribution in [2.24, 2.45) is 0 Å². The Labute approximate surface area is 153 Å². The molecule has 8 heteroatoms. The van der Waals surface area contributed by atoms with Crippen LogP contribution in [0.25, 0.3) is 0 Å². The van der Waals surface area contributed by atoms with Gasteiger partial charge in [-0.05, 0) is 43.3 Å². The zero-order chi connectivity index (χ0) is 19.6. The molecule has 3 rings (SSSR count). The van der Waals surface area contributed by atoms with Crippen molar-refractivity contribution < 1.29 is 28.3 Å². The van der Waals surface area contributed by atoms with Crippen molar-refractivity contribution >= 4 is 29.4 Å². The van der Waals surface area contributed by atoms with E-state index in [0.29, 0.717) is 5.69 Å². The van der Waals surface area contributed by atoms with Gasteiger partial charge >= 0.3 is 5.97 Å². The highest BCUT2D eigenvalue weighted by atomic mass is 19.1. The van der Waals surface area contributed by atoms with Crippen LogP contribution < -0.4 is 5.32 Å². The first-order valence-electron chi connectivity index (χ1n) is 8.07. The second kappa shape index (κ2) is 7.36. The lowest BCUT2D eigenvalue weighted by Crippen LogP contribution is -2.44. The van der Waals surface area contributed by atoms with E-state index in [-0.39, 0.29) is 11.1 Å². The van der Waals surface area contributed by atoms with Crippen LogP contribution in [0.2, 0.25) is 0 Å². The third-order valence-corrected chi connectivity index (χ3v) is 4.03. The average molecular weight is 370 g/mol. The Morgan fingerprint density at radius 3 is 2.15 bits per heavy atom. The van der Waals surface area contributed by atoms with Crippen LogP contribution in [0.3, 0.4) is 0 Å². The van der Waals surface area contributed by atoms with Gasteiger partial charge in [-0.1, -0.05) is 12.1 Å².